The summed E-state index contributed by atoms with van der Waals surface area (Å²) in [6.07, 6.45) is 1.64. The summed E-state index contributed by atoms with van der Waals surface area (Å²) < 4.78 is 5.29. The van der Waals surface area contributed by atoms with Crippen molar-refractivity contribution < 1.29 is 19.1 Å². The maximum Gasteiger partial charge on any atom is 0.272 e. The lowest BCUT2D eigenvalue weighted by atomic mass is 10.1. The van der Waals surface area contributed by atoms with Gasteiger partial charge in [0.15, 0.2) is 5.78 Å². The van der Waals surface area contributed by atoms with Gasteiger partial charge in [0.1, 0.15) is 11.4 Å². The number of Topliss-reactive ketones (excluding diaryl/α,β-unsaturated/α-hetero) is 1. The summed E-state index contributed by atoms with van der Waals surface area (Å²) in [4.78, 5) is 39.7. The number of rotatable bonds is 10. The number of hydrogen-bond donors (Lipinski definition) is 2. The van der Waals surface area contributed by atoms with Gasteiger partial charge in [-0.25, -0.2) is 0 Å². The van der Waals surface area contributed by atoms with Crippen molar-refractivity contribution in [2.24, 2.45) is 0 Å². The van der Waals surface area contributed by atoms with E-state index in [2.05, 4.69) is 10.6 Å². The number of anilines is 1. The molecule has 2 N–H and O–H groups in total. The predicted octanol–water partition coefficient (Wildman–Crippen LogP) is 6.39. The van der Waals surface area contributed by atoms with Crippen LogP contribution >= 0.6 is 11.8 Å². The summed E-state index contributed by atoms with van der Waals surface area (Å²) >= 11 is 1.36. The Kier molecular flexibility index (Phi) is 9.32. The summed E-state index contributed by atoms with van der Waals surface area (Å²) in [5, 5.41) is 5.62. The van der Waals surface area contributed by atoms with E-state index in [0.717, 1.165) is 16.0 Å². The lowest BCUT2D eigenvalue weighted by Gasteiger charge is -2.12. The molecule has 39 heavy (non-hydrogen) atoms. The number of carbonyl (C=O) groups is 3. The molecule has 0 atom stereocenters. The van der Waals surface area contributed by atoms with Crippen LogP contribution in [0, 0.1) is 6.92 Å². The van der Waals surface area contributed by atoms with Gasteiger partial charge >= 0.3 is 0 Å². The first-order valence-corrected chi connectivity index (χ1v) is 13.3. The Balaban J connectivity index is 1.49. The van der Waals surface area contributed by atoms with Crippen LogP contribution in [0.25, 0.3) is 6.08 Å². The molecule has 0 bridgehead atoms. The molecule has 0 fully saturated rings. The highest BCUT2D eigenvalue weighted by Crippen LogP contribution is 2.25. The number of benzene rings is 4. The molecular weight excluding hydrogens is 508 g/mol. The maximum atomic E-state index is 13.3. The number of ether oxygens (including phenoxy) is 1. The van der Waals surface area contributed by atoms with Gasteiger partial charge in [-0.3, -0.25) is 14.4 Å². The molecule has 0 saturated carbocycles. The third kappa shape index (κ3) is 7.69. The number of nitrogens with one attached hydrogen (secondary N) is 2. The molecular formula is C32H28N2O4S. The molecule has 0 aliphatic rings. The second kappa shape index (κ2) is 13.3. The first kappa shape index (κ1) is 27.4. The Hall–Kier alpha value is -4.62. The molecule has 0 spiro atoms. The Bertz CT molecular complexity index is 1500. The minimum absolute atomic E-state index is 0.0566. The van der Waals surface area contributed by atoms with E-state index < -0.39 is 5.91 Å². The van der Waals surface area contributed by atoms with Crippen molar-refractivity contribution >= 4 is 41.1 Å². The molecule has 0 aliphatic heterocycles. The van der Waals surface area contributed by atoms with Crippen molar-refractivity contribution in [2.45, 2.75) is 11.8 Å². The van der Waals surface area contributed by atoms with Crippen LogP contribution in [0.4, 0.5) is 5.69 Å². The number of thioether (sulfide) groups is 1. The third-order valence-corrected chi connectivity index (χ3v) is 6.78. The fourth-order valence-electron chi connectivity index (χ4n) is 3.74. The highest BCUT2D eigenvalue weighted by molar-refractivity contribution is 8.00. The van der Waals surface area contributed by atoms with E-state index in [1.54, 1.807) is 66.7 Å². The van der Waals surface area contributed by atoms with Crippen LogP contribution in [-0.2, 0) is 4.79 Å². The molecule has 4 aromatic rings. The van der Waals surface area contributed by atoms with Crippen LogP contribution in [-0.4, -0.2) is 30.5 Å². The Morgan fingerprint density at radius 1 is 0.846 bits per heavy atom. The lowest BCUT2D eigenvalue weighted by Crippen LogP contribution is -2.30. The summed E-state index contributed by atoms with van der Waals surface area (Å²) in [6, 6.07) is 30.7. The zero-order chi connectivity index (χ0) is 27.6. The Labute approximate surface area is 232 Å². The average Bonchev–Trinajstić information content (AvgIpc) is 2.97. The number of amides is 2. The zero-order valence-electron chi connectivity index (χ0n) is 21.6. The molecule has 6 nitrogen and oxygen atoms in total. The predicted molar refractivity (Wildman–Crippen MR) is 156 cm³/mol. The topological polar surface area (TPSA) is 84.5 Å². The summed E-state index contributed by atoms with van der Waals surface area (Å²) in [6.45, 7) is 1.98. The SMILES string of the molecule is COc1ccccc1C(=O)CSc1cccc(NC(=O)/C(=C/c2ccc(C)cc2)NC(=O)c2ccccc2)c1. The monoisotopic (exact) mass is 536 g/mol. The minimum Gasteiger partial charge on any atom is -0.496 e. The quantitative estimate of drug-likeness (QED) is 0.139. The third-order valence-electron chi connectivity index (χ3n) is 5.79. The van der Waals surface area contributed by atoms with E-state index in [9.17, 15) is 14.4 Å². The molecule has 196 valence electrons. The van der Waals surface area contributed by atoms with Gasteiger partial charge in [-0.1, -0.05) is 66.2 Å². The van der Waals surface area contributed by atoms with Crippen LogP contribution in [0.2, 0.25) is 0 Å². The number of hydrogen-bond acceptors (Lipinski definition) is 5. The van der Waals surface area contributed by atoms with Gasteiger partial charge in [0.2, 0.25) is 0 Å². The number of aryl methyl sites for hydroxylation is 1. The second-order valence-corrected chi connectivity index (χ2v) is 9.73. The normalized spacial score (nSPS) is 11.0. The van der Waals surface area contributed by atoms with Crippen LogP contribution in [0.3, 0.4) is 0 Å². The molecule has 4 rings (SSSR count). The molecule has 2 amide bonds. The van der Waals surface area contributed by atoms with Gasteiger partial charge in [0.25, 0.3) is 11.8 Å². The van der Waals surface area contributed by atoms with E-state index in [1.807, 2.05) is 49.4 Å². The molecule has 0 saturated heterocycles. The first-order valence-electron chi connectivity index (χ1n) is 12.3. The Morgan fingerprint density at radius 3 is 2.31 bits per heavy atom. The van der Waals surface area contributed by atoms with Crippen LogP contribution in [0.5, 0.6) is 5.75 Å². The summed E-state index contributed by atoms with van der Waals surface area (Å²) in [7, 11) is 1.54. The summed E-state index contributed by atoms with van der Waals surface area (Å²) in [5.41, 5.74) is 3.48. The largest absolute Gasteiger partial charge is 0.496 e. The highest BCUT2D eigenvalue weighted by Gasteiger charge is 2.16. The van der Waals surface area contributed by atoms with Crippen molar-refractivity contribution in [1.82, 2.24) is 5.32 Å². The van der Waals surface area contributed by atoms with Gasteiger partial charge < -0.3 is 15.4 Å². The minimum atomic E-state index is -0.466. The fourth-order valence-corrected chi connectivity index (χ4v) is 4.57. The molecule has 0 unspecified atom stereocenters. The number of carbonyl (C=O) groups excluding carboxylic acids is 3. The zero-order valence-corrected chi connectivity index (χ0v) is 22.5. The molecule has 7 heteroatoms. The van der Waals surface area contributed by atoms with Crippen molar-refractivity contribution in [3.8, 4) is 5.75 Å². The van der Waals surface area contributed by atoms with Gasteiger partial charge in [-0.05, 0) is 61.0 Å². The average molecular weight is 537 g/mol. The molecule has 0 aromatic heterocycles. The fraction of sp³-hybridized carbons (Fsp3) is 0.0938. The van der Waals surface area contributed by atoms with Crippen LogP contribution in [0.1, 0.15) is 31.8 Å². The first-order chi connectivity index (χ1) is 18.9. The van der Waals surface area contributed by atoms with Crippen molar-refractivity contribution in [1.29, 1.82) is 0 Å². The smallest absolute Gasteiger partial charge is 0.272 e. The second-order valence-electron chi connectivity index (χ2n) is 8.68. The van der Waals surface area contributed by atoms with E-state index >= 15 is 0 Å². The molecule has 0 heterocycles. The highest BCUT2D eigenvalue weighted by atomic mass is 32.2. The standard InChI is InChI=1S/C32H28N2O4S/c1-22-15-17-23(18-16-22)19-28(34-31(36)24-9-4-3-5-10-24)32(37)33-25-11-8-12-26(20-25)39-21-29(35)27-13-6-7-14-30(27)38-2/h3-20H,21H2,1-2H3,(H,33,37)(H,34,36)/b28-19-. The van der Waals surface area contributed by atoms with E-state index in [0.29, 0.717) is 22.6 Å². The number of methoxy groups -OCH3 is 1. The molecule has 4 aromatic carbocycles. The van der Waals surface area contributed by atoms with Gasteiger partial charge in [-0.2, -0.15) is 0 Å². The van der Waals surface area contributed by atoms with E-state index in [4.69, 9.17) is 4.74 Å². The van der Waals surface area contributed by atoms with Crippen molar-refractivity contribution in [3.05, 3.63) is 131 Å². The maximum absolute atomic E-state index is 13.3. The van der Waals surface area contributed by atoms with Gasteiger partial charge in [-0.15, -0.1) is 11.8 Å². The Morgan fingerprint density at radius 2 is 1.56 bits per heavy atom. The van der Waals surface area contributed by atoms with Crippen molar-refractivity contribution in [2.75, 3.05) is 18.2 Å². The lowest BCUT2D eigenvalue weighted by molar-refractivity contribution is -0.113. The number of ketones is 1. The van der Waals surface area contributed by atoms with Gasteiger partial charge in [0.05, 0.1) is 18.4 Å². The van der Waals surface area contributed by atoms with Crippen LogP contribution in [0.15, 0.2) is 114 Å². The van der Waals surface area contributed by atoms with Crippen molar-refractivity contribution in [3.63, 3.8) is 0 Å². The van der Waals surface area contributed by atoms with Gasteiger partial charge in [0, 0.05) is 16.1 Å². The number of para-hydroxylation sites is 1. The molecule has 0 radical (unpaired) electrons. The van der Waals surface area contributed by atoms with E-state index in [-0.39, 0.29) is 23.1 Å². The molecule has 0 aliphatic carbocycles. The van der Waals surface area contributed by atoms with E-state index in [1.165, 1.54) is 18.9 Å². The van der Waals surface area contributed by atoms with Crippen LogP contribution < -0.4 is 15.4 Å². The summed E-state index contributed by atoms with van der Waals surface area (Å²) in [5.74, 6) is -0.160.